The molecule has 0 bridgehead atoms. The van der Waals surface area contributed by atoms with Crippen LogP contribution in [0.2, 0.25) is 0 Å². The van der Waals surface area contributed by atoms with E-state index in [1.165, 1.54) is 12.1 Å². The van der Waals surface area contributed by atoms with Crippen LogP contribution in [0.3, 0.4) is 0 Å². The number of aryl methyl sites for hydroxylation is 1. The first kappa shape index (κ1) is 11.2. The van der Waals surface area contributed by atoms with Gasteiger partial charge in [-0.25, -0.2) is 8.78 Å². The van der Waals surface area contributed by atoms with Gasteiger partial charge in [-0.15, -0.1) is 5.10 Å². The molecule has 0 aliphatic heterocycles. The third-order valence-corrected chi connectivity index (χ3v) is 2.96. The lowest BCUT2D eigenvalue weighted by atomic mass is 10.2. The second-order valence-electron chi connectivity index (χ2n) is 3.10. The summed E-state index contributed by atoms with van der Waals surface area (Å²) in [6.07, 6.45) is 0. The number of benzene rings is 1. The fraction of sp³-hybridized carbons (Fsp3) is 0.111. The Morgan fingerprint density at radius 3 is 2.81 bits per heavy atom. The van der Waals surface area contributed by atoms with Crippen molar-refractivity contribution in [3.05, 3.63) is 33.3 Å². The van der Waals surface area contributed by atoms with E-state index in [1.54, 1.807) is 6.92 Å². The molecule has 0 saturated carbocycles. The highest BCUT2D eigenvalue weighted by atomic mass is 32.1. The first-order valence-corrected chi connectivity index (χ1v) is 5.57. The Labute approximate surface area is 99.1 Å². The number of aromatic nitrogens is 2. The smallest absolute Gasteiger partial charge is 0.208 e. The van der Waals surface area contributed by atoms with Gasteiger partial charge in [-0.1, -0.05) is 17.4 Å². The topological polar surface area (TPSA) is 40.7 Å². The molecule has 0 aliphatic rings. The maximum atomic E-state index is 13.6. The van der Waals surface area contributed by atoms with E-state index in [0.717, 1.165) is 11.3 Å². The van der Waals surface area contributed by atoms with E-state index in [1.807, 2.05) is 0 Å². The molecule has 0 aliphatic carbocycles. The summed E-state index contributed by atoms with van der Waals surface area (Å²) in [7, 11) is 0. The molecule has 1 aromatic carbocycles. The van der Waals surface area contributed by atoms with E-state index >= 15 is 0 Å². The summed E-state index contributed by atoms with van der Waals surface area (Å²) in [5.41, 5.74) is 0.154. The highest BCUT2D eigenvalue weighted by Gasteiger charge is 2.12. The van der Waals surface area contributed by atoms with Gasteiger partial charge in [0.2, 0.25) is 5.13 Å². The van der Waals surface area contributed by atoms with Gasteiger partial charge in [0.15, 0.2) is 9.77 Å². The second-order valence-corrected chi connectivity index (χ2v) is 4.76. The van der Waals surface area contributed by atoms with Crippen LogP contribution < -0.4 is 5.32 Å². The quantitative estimate of drug-likeness (QED) is 0.811. The summed E-state index contributed by atoms with van der Waals surface area (Å²) in [5, 5.41) is 9.18. The molecule has 3 nitrogen and oxygen atoms in total. The maximum Gasteiger partial charge on any atom is 0.208 e. The lowest BCUT2D eigenvalue weighted by Crippen LogP contribution is -1.99. The monoisotopic (exact) mass is 259 g/mol. The third-order valence-electron chi connectivity index (χ3n) is 1.95. The molecule has 2 rings (SSSR count). The van der Waals surface area contributed by atoms with Crippen LogP contribution in [-0.4, -0.2) is 10.2 Å². The van der Waals surface area contributed by atoms with Gasteiger partial charge in [0.05, 0.1) is 0 Å². The number of H-pyrrole nitrogens is 1. The van der Waals surface area contributed by atoms with Crippen molar-refractivity contribution in [1.82, 2.24) is 10.2 Å². The van der Waals surface area contributed by atoms with Gasteiger partial charge in [-0.05, 0) is 30.8 Å². The number of nitrogens with one attached hydrogen (secondary N) is 2. The van der Waals surface area contributed by atoms with Gasteiger partial charge in [0, 0.05) is 0 Å². The average molecular weight is 259 g/mol. The molecular formula is C9H7F2N3S2. The van der Waals surface area contributed by atoms with Crippen molar-refractivity contribution in [2.24, 2.45) is 0 Å². The SMILES string of the molecule is Cc1ccc(F)c(Nc2n[nH]c(=S)s2)c1F. The molecule has 2 aromatic rings. The number of hydrogen-bond donors (Lipinski definition) is 2. The summed E-state index contributed by atoms with van der Waals surface area (Å²) < 4.78 is 27.4. The zero-order valence-corrected chi connectivity index (χ0v) is 9.81. The number of anilines is 2. The minimum absolute atomic E-state index is 0.210. The van der Waals surface area contributed by atoms with E-state index in [0.29, 0.717) is 14.6 Å². The van der Waals surface area contributed by atoms with Crippen molar-refractivity contribution >= 4 is 34.4 Å². The lowest BCUT2D eigenvalue weighted by Gasteiger charge is -2.06. The zero-order chi connectivity index (χ0) is 11.7. The fourth-order valence-corrected chi connectivity index (χ4v) is 1.96. The van der Waals surface area contributed by atoms with Crippen molar-refractivity contribution in [2.75, 3.05) is 5.32 Å². The molecule has 0 radical (unpaired) electrons. The Kier molecular flexibility index (Phi) is 2.97. The lowest BCUT2D eigenvalue weighted by molar-refractivity contribution is 0.585. The highest BCUT2D eigenvalue weighted by molar-refractivity contribution is 7.73. The number of rotatable bonds is 2. The van der Waals surface area contributed by atoms with E-state index in [4.69, 9.17) is 12.2 Å². The first-order valence-electron chi connectivity index (χ1n) is 4.35. The molecular weight excluding hydrogens is 252 g/mol. The summed E-state index contributed by atoms with van der Waals surface area (Å²) >= 11 is 5.92. The van der Waals surface area contributed by atoms with Crippen LogP contribution in [0.15, 0.2) is 12.1 Å². The van der Waals surface area contributed by atoms with Gasteiger partial charge in [-0.3, -0.25) is 5.10 Å². The Balaban J connectivity index is 2.41. The molecule has 1 heterocycles. The van der Waals surface area contributed by atoms with E-state index in [9.17, 15) is 8.78 Å². The fourth-order valence-electron chi connectivity index (χ4n) is 1.16. The molecule has 16 heavy (non-hydrogen) atoms. The molecule has 2 N–H and O–H groups in total. The summed E-state index contributed by atoms with van der Waals surface area (Å²) in [4.78, 5) is 0. The molecule has 0 spiro atoms. The van der Waals surface area contributed by atoms with Crippen LogP contribution in [-0.2, 0) is 0 Å². The Bertz CT molecular complexity index is 576. The normalized spacial score (nSPS) is 10.4. The Hall–Kier alpha value is -1.34. The zero-order valence-electron chi connectivity index (χ0n) is 8.17. The predicted octanol–water partition coefficient (Wildman–Crippen LogP) is 3.53. The van der Waals surface area contributed by atoms with Crippen LogP contribution in [0.25, 0.3) is 0 Å². The molecule has 0 unspecified atom stereocenters. The largest absolute Gasteiger partial charge is 0.325 e. The van der Waals surface area contributed by atoms with Crippen molar-refractivity contribution < 1.29 is 8.78 Å². The Morgan fingerprint density at radius 2 is 2.19 bits per heavy atom. The van der Waals surface area contributed by atoms with Gasteiger partial charge in [0.25, 0.3) is 0 Å². The highest BCUT2D eigenvalue weighted by Crippen LogP contribution is 2.26. The third kappa shape index (κ3) is 2.10. The van der Waals surface area contributed by atoms with Crippen molar-refractivity contribution in [3.63, 3.8) is 0 Å². The predicted molar refractivity (Wildman–Crippen MR) is 61.7 cm³/mol. The standard InChI is InChI=1S/C9H7F2N3S2/c1-4-2-3-5(10)7(6(4)11)12-8-13-14-9(15)16-8/h2-3H,1H3,(H,12,13)(H,14,15). The maximum absolute atomic E-state index is 13.6. The van der Waals surface area contributed by atoms with E-state index in [2.05, 4.69) is 15.5 Å². The van der Waals surface area contributed by atoms with Crippen LogP contribution >= 0.6 is 23.6 Å². The summed E-state index contributed by atoms with van der Waals surface area (Å²) in [6.45, 7) is 1.56. The van der Waals surface area contributed by atoms with Crippen molar-refractivity contribution in [3.8, 4) is 0 Å². The molecule has 7 heteroatoms. The number of nitrogens with zero attached hydrogens (tertiary/aromatic N) is 1. The van der Waals surface area contributed by atoms with E-state index in [-0.39, 0.29) is 5.69 Å². The van der Waals surface area contributed by atoms with Crippen LogP contribution in [0, 0.1) is 22.5 Å². The molecule has 0 atom stereocenters. The average Bonchev–Trinajstić information content (AvgIpc) is 2.65. The number of hydrogen-bond acceptors (Lipinski definition) is 4. The first-order chi connectivity index (χ1) is 7.58. The summed E-state index contributed by atoms with van der Waals surface area (Å²) in [5.74, 6) is -1.29. The van der Waals surface area contributed by atoms with Gasteiger partial charge in [-0.2, -0.15) is 0 Å². The van der Waals surface area contributed by atoms with Gasteiger partial charge in [0.1, 0.15) is 11.5 Å². The van der Waals surface area contributed by atoms with Crippen molar-refractivity contribution in [1.29, 1.82) is 0 Å². The minimum Gasteiger partial charge on any atom is -0.325 e. The minimum atomic E-state index is -0.663. The Morgan fingerprint density at radius 1 is 1.44 bits per heavy atom. The van der Waals surface area contributed by atoms with Gasteiger partial charge < -0.3 is 5.32 Å². The van der Waals surface area contributed by atoms with Crippen LogP contribution in [0.5, 0.6) is 0 Å². The molecule has 84 valence electrons. The molecule has 0 fully saturated rings. The summed E-state index contributed by atoms with van der Waals surface area (Å²) in [6, 6.07) is 2.58. The van der Waals surface area contributed by atoms with Crippen LogP contribution in [0.1, 0.15) is 5.56 Å². The molecule has 0 saturated heterocycles. The number of aromatic amines is 1. The molecule has 0 amide bonds. The van der Waals surface area contributed by atoms with Crippen LogP contribution in [0.4, 0.5) is 19.6 Å². The van der Waals surface area contributed by atoms with E-state index < -0.39 is 11.6 Å². The molecule has 1 aromatic heterocycles. The second kappa shape index (κ2) is 4.26. The van der Waals surface area contributed by atoms with Crippen molar-refractivity contribution in [2.45, 2.75) is 6.92 Å². The number of halogens is 2. The van der Waals surface area contributed by atoms with Gasteiger partial charge >= 0.3 is 0 Å².